The minimum Gasteiger partial charge on any atom is -0.489 e. The van der Waals surface area contributed by atoms with Gasteiger partial charge in [-0.2, -0.15) is 0 Å². The van der Waals surface area contributed by atoms with Gasteiger partial charge in [0, 0.05) is 28.8 Å². The summed E-state index contributed by atoms with van der Waals surface area (Å²) >= 11 is 6.16. The Balaban J connectivity index is 1.86. The molecule has 8 nitrogen and oxygen atoms in total. The molecule has 2 amide bonds. The molecule has 3 rings (SSSR count). The molecule has 0 saturated carbocycles. The lowest BCUT2D eigenvalue weighted by Crippen LogP contribution is -2.49. The van der Waals surface area contributed by atoms with Gasteiger partial charge in [-0.25, -0.2) is 21.5 Å². The molecule has 3 aromatic rings. The van der Waals surface area contributed by atoms with Crippen molar-refractivity contribution in [1.29, 1.82) is 0 Å². The first kappa shape index (κ1) is 25.0. The van der Waals surface area contributed by atoms with Crippen molar-refractivity contribution in [3.8, 4) is 5.75 Å². The third-order valence-electron chi connectivity index (χ3n) is 5.25. The van der Waals surface area contributed by atoms with Crippen molar-refractivity contribution >= 4 is 29.0 Å². The molecule has 0 aliphatic carbocycles. The number of nitrogens with two attached hydrogens (primary N) is 2. The number of benzene rings is 3. The van der Waals surface area contributed by atoms with Crippen LogP contribution in [-0.2, 0) is 11.4 Å². The summed E-state index contributed by atoms with van der Waals surface area (Å²) in [6.07, 6.45) is 0. The first-order valence-corrected chi connectivity index (χ1v) is 10.9. The minimum absolute atomic E-state index is 0.213. The molecular weight excluding hydrogens is 454 g/mol. The van der Waals surface area contributed by atoms with E-state index in [0.717, 1.165) is 37.8 Å². The van der Waals surface area contributed by atoms with Crippen LogP contribution in [-0.4, -0.2) is 30.9 Å². The van der Waals surface area contributed by atoms with Crippen LogP contribution in [0.1, 0.15) is 27.8 Å². The Bertz CT molecular complexity index is 1210. The van der Waals surface area contributed by atoms with E-state index in [1.54, 1.807) is 12.1 Å². The van der Waals surface area contributed by atoms with E-state index in [9.17, 15) is 4.79 Å². The van der Waals surface area contributed by atoms with Crippen LogP contribution in [0.5, 0.6) is 5.75 Å². The smallest absolute Gasteiger partial charge is 0.352 e. The highest BCUT2D eigenvalue weighted by atomic mass is 35.5. The number of hydrogen-bond acceptors (Lipinski definition) is 6. The second-order valence-electron chi connectivity index (χ2n) is 7.74. The number of aryl methyl sites for hydroxylation is 2. The molecule has 4 N–H and O–H groups in total. The Morgan fingerprint density at radius 2 is 1.71 bits per heavy atom. The van der Waals surface area contributed by atoms with Crippen molar-refractivity contribution < 1.29 is 14.4 Å². The van der Waals surface area contributed by atoms with Gasteiger partial charge in [0.25, 0.3) is 0 Å². The first-order chi connectivity index (χ1) is 16.2. The van der Waals surface area contributed by atoms with E-state index in [0.29, 0.717) is 22.2 Å². The quantitative estimate of drug-likeness (QED) is 0.223. The molecule has 0 aromatic heterocycles. The number of anilines is 1. The van der Waals surface area contributed by atoms with Crippen molar-refractivity contribution in [3.63, 3.8) is 0 Å². The molecule has 0 unspecified atom stereocenters. The Labute approximate surface area is 204 Å². The Morgan fingerprint density at radius 1 is 1.00 bits per heavy atom. The Hall–Kier alpha value is -3.59. The lowest BCUT2D eigenvalue weighted by Gasteiger charge is -2.24. The van der Waals surface area contributed by atoms with E-state index in [2.05, 4.69) is 5.16 Å². The molecule has 0 aliphatic heterocycles. The fourth-order valence-electron chi connectivity index (χ4n) is 3.48. The van der Waals surface area contributed by atoms with Crippen molar-refractivity contribution in [3.05, 3.63) is 93.5 Å². The second-order valence-corrected chi connectivity index (χ2v) is 8.17. The molecule has 9 heteroatoms. The highest BCUT2D eigenvalue weighted by Crippen LogP contribution is 2.27. The molecule has 34 heavy (non-hydrogen) atoms. The van der Waals surface area contributed by atoms with Crippen molar-refractivity contribution in [2.45, 2.75) is 20.5 Å². The number of amides is 2. The van der Waals surface area contributed by atoms with Crippen LogP contribution in [0, 0.1) is 13.8 Å². The van der Waals surface area contributed by atoms with E-state index in [4.69, 9.17) is 32.9 Å². The van der Waals surface area contributed by atoms with Crippen LogP contribution in [0.2, 0.25) is 5.02 Å². The number of ether oxygens (including phenoxy) is 1. The van der Waals surface area contributed by atoms with E-state index in [-0.39, 0.29) is 6.61 Å². The molecular formula is C25H28ClN5O3. The number of hydrogen-bond donors (Lipinski definition) is 2. The van der Waals surface area contributed by atoms with Gasteiger partial charge >= 0.3 is 6.03 Å². The molecule has 0 aliphatic rings. The molecule has 3 aromatic carbocycles. The van der Waals surface area contributed by atoms with Crippen LogP contribution in [0.4, 0.5) is 10.5 Å². The fraction of sp³-hybridized carbons (Fsp3) is 0.200. The second kappa shape index (κ2) is 11.0. The van der Waals surface area contributed by atoms with Gasteiger partial charge in [-0.05, 0) is 61.4 Å². The lowest BCUT2D eigenvalue weighted by atomic mass is 10.0. The zero-order valence-electron chi connectivity index (χ0n) is 19.6. The molecule has 0 atom stereocenters. The molecule has 0 bridgehead atoms. The molecule has 0 saturated heterocycles. The van der Waals surface area contributed by atoms with Crippen LogP contribution in [0.15, 0.2) is 65.8 Å². The largest absolute Gasteiger partial charge is 0.489 e. The number of rotatable bonds is 7. The number of hydrazine groups is 2. The Kier molecular flexibility index (Phi) is 8.12. The first-order valence-electron chi connectivity index (χ1n) is 10.5. The summed E-state index contributed by atoms with van der Waals surface area (Å²) < 4.78 is 6.12. The van der Waals surface area contributed by atoms with Gasteiger partial charge in [0.05, 0.1) is 5.69 Å². The average molecular weight is 482 g/mol. The number of carbonyl (C=O) groups is 1. The number of nitrogens with zero attached hydrogens (tertiary/aromatic N) is 3. The summed E-state index contributed by atoms with van der Waals surface area (Å²) in [5, 5.41) is 6.75. The highest BCUT2D eigenvalue weighted by Gasteiger charge is 2.19. The van der Waals surface area contributed by atoms with Crippen LogP contribution < -0.4 is 21.4 Å². The normalized spacial score (nSPS) is 11.2. The van der Waals surface area contributed by atoms with Gasteiger partial charge in [-0.3, -0.25) is 5.01 Å². The average Bonchev–Trinajstić information content (AvgIpc) is 2.81. The summed E-state index contributed by atoms with van der Waals surface area (Å²) in [4.78, 5) is 17.3. The van der Waals surface area contributed by atoms with Crippen molar-refractivity contribution in [2.75, 3.05) is 19.2 Å². The van der Waals surface area contributed by atoms with Gasteiger partial charge < -0.3 is 9.57 Å². The molecule has 0 heterocycles. The summed E-state index contributed by atoms with van der Waals surface area (Å²) in [5.41, 5.74) is 5.49. The van der Waals surface area contributed by atoms with Crippen LogP contribution in [0.3, 0.4) is 0 Å². The maximum Gasteiger partial charge on any atom is 0.352 e. The van der Waals surface area contributed by atoms with E-state index in [1.165, 1.54) is 14.2 Å². The fourth-order valence-corrected chi connectivity index (χ4v) is 3.67. The maximum atomic E-state index is 12.3. The molecule has 0 radical (unpaired) electrons. The van der Waals surface area contributed by atoms with Crippen molar-refractivity contribution in [2.24, 2.45) is 16.8 Å². The van der Waals surface area contributed by atoms with Gasteiger partial charge in [0.1, 0.15) is 25.2 Å². The highest BCUT2D eigenvalue weighted by molar-refractivity contribution is 6.31. The third-order valence-corrected chi connectivity index (χ3v) is 5.49. The van der Waals surface area contributed by atoms with E-state index < -0.39 is 6.03 Å². The van der Waals surface area contributed by atoms with Crippen LogP contribution in [0.25, 0.3) is 0 Å². The van der Waals surface area contributed by atoms with Gasteiger partial charge in [0.15, 0.2) is 0 Å². The molecule has 178 valence electrons. The van der Waals surface area contributed by atoms with Crippen molar-refractivity contribution in [1.82, 2.24) is 5.01 Å². The lowest BCUT2D eigenvalue weighted by molar-refractivity contribution is 0.214. The zero-order valence-corrected chi connectivity index (χ0v) is 20.3. The summed E-state index contributed by atoms with van der Waals surface area (Å²) in [5.74, 6) is 12.3. The topological polar surface area (TPSA) is 106 Å². The SMILES string of the molecule is CON=C(c1cccc(Cl)c1)c1ccc(OCc2c(C)cccc2N(N)C(=O)N(C)N)c(C)c1. The number of oxime groups is 1. The summed E-state index contributed by atoms with van der Waals surface area (Å²) in [6.45, 7) is 4.09. The predicted molar refractivity (Wildman–Crippen MR) is 135 cm³/mol. The summed E-state index contributed by atoms with van der Waals surface area (Å²) in [6, 6.07) is 18.1. The molecule has 0 fully saturated rings. The van der Waals surface area contributed by atoms with Gasteiger partial charge in [0.2, 0.25) is 0 Å². The summed E-state index contributed by atoms with van der Waals surface area (Å²) in [7, 11) is 2.94. The minimum atomic E-state index is -0.543. The Morgan fingerprint density at radius 3 is 2.35 bits per heavy atom. The van der Waals surface area contributed by atoms with Crippen LogP contribution >= 0.6 is 11.6 Å². The third kappa shape index (κ3) is 5.66. The number of halogens is 1. The van der Waals surface area contributed by atoms with E-state index >= 15 is 0 Å². The van der Waals surface area contributed by atoms with Gasteiger partial charge in [-0.1, -0.05) is 41.0 Å². The van der Waals surface area contributed by atoms with E-state index in [1.807, 2.05) is 62.4 Å². The number of carbonyl (C=O) groups excluding carboxylic acids is 1. The number of urea groups is 1. The monoisotopic (exact) mass is 481 g/mol. The predicted octanol–water partition coefficient (Wildman–Crippen LogP) is 4.54. The standard InChI is InChI=1S/C25H28ClN5O3/c1-16-7-5-10-22(31(28)25(32)30(3)27)21(16)15-34-23-12-11-19(13-17(23)2)24(29-33-4)18-8-6-9-20(26)14-18/h5-14H,15,27-28H2,1-4H3. The molecule has 0 spiro atoms. The maximum absolute atomic E-state index is 12.3. The zero-order chi connectivity index (χ0) is 24.8. The van der Waals surface area contributed by atoms with Gasteiger partial charge in [-0.15, -0.1) is 0 Å².